The zero-order chi connectivity index (χ0) is 44.9. The SMILES string of the molecule is CO[C@H]1/C=C/O[C@@]2(C)Oc3c(C)c(O)c4c(O)c(c5c(c4c3C2=O)NC2(CCN(CC(C)C)CC2)N=5)=NC(=O)C(C)=CC=C[C@H](C)[C@H](O)[C@@H](C)[C@@H](O)[C@@H](C)[C@H](OC(C)=O)[C@@H]1C. The van der Waals surface area contributed by atoms with E-state index in [-0.39, 0.29) is 49.7 Å². The van der Waals surface area contributed by atoms with Gasteiger partial charge in [0.2, 0.25) is 0 Å². The minimum absolute atomic E-state index is 0.0538. The summed E-state index contributed by atoms with van der Waals surface area (Å²) in [6, 6.07) is 0. The molecule has 0 aromatic heterocycles. The third kappa shape index (κ3) is 8.54. The van der Waals surface area contributed by atoms with Crippen molar-refractivity contribution >= 4 is 34.1 Å². The highest BCUT2D eigenvalue weighted by Crippen LogP contribution is 2.51. The number of hydrogen-bond acceptors (Lipinski definition) is 14. The smallest absolute Gasteiger partial charge is 0.312 e. The molecule has 4 bridgehead atoms. The Bertz CT molecular complexity index is 2300. The lowest BCUT2D eigenvalue weighted by atomic mass is 9.78. The monoisotopic (exact) mass is 846 g/mol. The Morgan fingerprint density at radius 1 is 0.984 bits per heavy atom. The lowest BCUT2D eigenvalue weighted by Crippen LogP contribution is -2.47. The summed E-state index contributed by atoms with van der Waals surface area (Å²) in [5, 5.41) is 50.5. The number of hydrogen-bond donors (Lipinski definition) is 5. The molecule has 0 radical (unpaired) electrons. The topological polar surface area (TPSA) is 209 Å². The number of aliphatic hydroxyl groups is 2. The quantitative estimate of drug-likeness (QED) is 0.208. The lowest BCUT2D eigenvalue weighted by molar-refractivity contribution is -0.160. The van der Waals surface area contributed by atoms with Crippen LogP contribution < -0.4 is 20.8 Å². The second-order valence-electron chi connectivity index (χ2n) is 18.0. The summed E-state index contributed by atoms with van der Waals surface area (Å²) in [4.78, 5) is 52.9. The van der Waals surface area contributed by atoms with Gasteiger partial charge in [-0.05, 0) is 25.8 Å². The van der Waals surface area contributed by atoms with Gasteiger partial charge < -0.3 is 49.6 Å². The molecule has 1 saturated heterocycles. The van der Waals surface area contributed by atoms with Gasteiger partial charge in [-0.2, -0.15) is 0 Å². The molecule has 0 aliphatic carbocycles. The molecular weight excluding hydrogens is 785 g/mol. The number of fused-ring (bicyclic) bond motifs is 1. The minimum atomic E-state index is -1.95. The van der Waals surface area contributed by atoms with Gasteiger partial charge in [0.25, 0.3) is 11.7 Å². The number of phenolic OH excluding ortho intramolecular Hbond substituents is 2. The summed E-state index contributed by atoms with van der Waals surface area (Å²) in [6.07, 6.45) is 5.07. The number of benzene rings is 2. The number of aliphatic hydroxyl groups excluding tert-OH is 2. The van der Waals surface area contributed by atoms with Crippen LogP contribution in [0.1, 0.15) is 91.1 Å². The van der Waals surface area contributed by atoms with Gasteiger partial charge in [0.05, 0.1) is 41.2 Å². The molecular formula is C46H62N4O11. The van der Waals surface area contributed by atoms with Crippen LogP contribution in [0.3, 0.4) is 0 Å². The Hall–Kier alpha value is -4.83. The molecule has 0 saturated carbocycles. The maximum absolute atomic E-state index is 14.7. The molecule has 2 aromatic carbocycles. The maximum atomic E-state index is 14.7. The molecule has 1 amide bonds. The number of methoxy groups -OCH3 is 1. The summed E-state index contributed by atoms with van der Waals surface area (Å²) >= 11 is 0. The number of aromatic hydroxyl groups is 2. The molecule has 4 heterocycles. The number of amides is 1. The number of ketones is 1. The summed E-state index contributed by atoms with van der Waals surface area (Å²) in [5.41, 5.74) is -0.111. The third-order valence-corrected chi connectivity index (χ3v) is 12.9. The first-order valence-electron chi connectivity index (χ1n) is 21.2. The van der Waals surface area contributed by atoms with Crippen LogP contribution in [0.4, 0.5) is 5.69 Å². The number of allylic oxidation sites excluding steroid dienone is 2. The first-order chi connectivity index (χ1) is 28.6. The Kier molecular flexibility index (Phi) is 13.1. The first kappa shape index (κ1) is 45.7. The number of nitrogens with zero attached hydrogens (tertiary/aromatic N) is 3. The van der Waals surface area contributed by atoms with Crippen LogP contribution in [0.25, 0.3) is 10.8 Å². The van der Waals surface area contributed by atoms with E-state index < -0.39 is 82.9 Å². The standard InChI is InChI=1S/C46H62N4O11/c1-22(2)21-50-18-16-46(17-19-50)48-34-31-32-39(54)28(8)42-33(31)43(56)45(10,61-42)59-20-15-30(58-11)25(5)41(60-29(9)51)27(7)38(53)26(6)37(52)23(3)13-12-14-24(4)44(57)47-36(40(32)55)35(34)49-46/h12-15,20,22-23,25-27,30,37-38,41,48,52-55H,16-19,21H2,1-11H3/b13-12?,20-15+,24-14?,47-36?/t23-,25+,26+,27+,30-,37-,38+,41+,45-/m0/s1. The van der Waals surface area contributed by atoms with Crippen LogP contribution in [0.15, 0.2) is 46.1 Å². The number of rotatable bonds is 4. The van der Waals surface area contributed by atoms with E-state index in [0.717, 1.165) is 19.6 Å². The van der Waals surface area contributed by atoms with E-state index >= 15 is 0 Å². The maximum Gasteiger partial charge on any atom is 0.312 e. The summed E-state index contributed by atoms with van der Waals surface area (Å²) in [7, 11) is 1.47. The Morgan fingerprint density at radius 3 is 2.28 bits per heavy atom. The predicted octanol–water partition coefficient (Wildman–Crippen LogP) is 4.75. The van der Waals surface area contributed by atoms with E-state index in [2.05, 4.69) is 29.1 Å². The number of nitrogens with one attached hydrogen (secondary N) is 1. The molecule has 1 spiro atoms. The first-order valence-corrected chi connectivity index (χ1v) is 21.2. The van der Waals surface area contributed by atoms with E-state index in [9.17, 15) is 34.8 Å². The van der Waals surface area contributed by atoms with Crippen molar-refractivity contribution in [2.45, 2.75) is 118 Å². The van der Waals surface area contributed by atoms with Gasteiger partial charge in [-0.25, -0.2) is 4.99 Å². The summed E-state index contributed by atoms with van der Waals surface area (Å²) < 4.78 is 24.0. The Morgan fingerprint density at radius 2 is 1.66 bits per heavy atom. The number of Topliss-reactive ketones (excluding diaryl/α,β-unsaturated/α-hetero) is 1. The molecule has 2 aromatic rings. The van der Waals surface area contributed by atoms with Gasteiger partial charge in [0, 0.05) is 93.6 Å². The number of likely N-dealkylation sites (tertiary alicyclic amines) is 1. The van der Waals surface area contributed by atoms with E-state index in [1.54, 1.807) is 65.8 Å². The zero-order valence-electron chi connectivity index (χ0n) is 37.1. The highest BCUT2D eigenvalue weighted by molar-refractivity contribution is 6.21. The van der Waals surface area contributed by atoms with Crippen molar-refractivity contribution in [3.8, 4) is 17.2 Å². The molecule has 5 N–H and O–H groups in total. The van der Waals surface area contributed by atoms with Gasteiger partial charge in [-0.3, -0.25) is 19.4 Å². The molecule has 6 rings (SSSR count). The summed E-state index contributed by atoms with van der Waals surface area (Å²) in [6.45, 7) is 19.6. The minimum Gasteiger partial charge on any atom is -0.507 e. The number of phenols is 2. The van der Waals surface area contributed by atoms with Crippen molar-refractivity contribution in [1.82, 2.24) is 4.90 Å². The van der Waals surface area contributed by atoms with E-state index in [1.807, 2.05) is 0 Å². The van der Waals surface area contributed by atoms with Crippen LogP contribution in [-0.4, -0.2) is 106 Å². The predicted molar refractivity (Wildman–Crippen MR) is 228 cm³/mol. The van der Waals surface area contributed by atoms with E-state index in [4.69, 9.17) is 23.9 Å². The number of ether oxygens (including phenoxy) is 4. The normalized spacial score (nSPS) is 31.3. The van der Waals surface area contributed by atoms with Crippen molar-refractivity contribution in [2.75, 3.05) is 32.1 Å². The number of carbonyl (C=O) groups excluding carboxylic acids is 3. The molecule has 0 unspecified atom stereocenters. The van der Waals surface area contributed by atoms with Gasteiger partial charge >= 0.3 is 11.8 Å². The molecule has 9 atom stereocenters. The van der Waals surface area contributed by atoms with Crippen LogP contribution >= 0.6 is 0 Å². The number of piperidine rings is 1. The average Bonchev–Trinajstić information content (AvgIpc) is 3.71. The molecule has 15 nitrogen and oxygen atoms in total. The van der Waals surface area contributed by atoms with Gasteiger partial charge in [0.1, 0.15) is 34.0 Å². The number of esters is 1. The van der Waals surface area contributed by atoms with Crippen molar-refractivity contribution in [3.63, 3.8) is 0 Å². The zero-order valence-corrected chi connectivity index (χ0v) is 37.1. The van der Waals surface area contributed by atoms with Crippen LogP contribution in [-0.2, 0) is 23.8 Å². The third-order valence-electron chi connectivity index (χ3n) is 12.9. The largest absolute Gasteiger partial charge is 0.507 e. The molecule has 1 fully saturated rings. The lowest BCUT2D eigenvalue weighted by Gasteiger charge is -2.38. The van der Waals surface area contributed by atoms with Crippen LogP contribution in [0.2, 0.25) is 0 Å². The average molecular weight is 847 g/mol. The fourth-order valence-corrected chi connectivity index (χ4v) is 9.24. The van der Waals surface area contributed by atoms with Crippen molar-refractivity contribution in [1.29, 1.82) is 0 Å². The highest BCUT2D eigenvalue weighted by atomic mass is 16.7. The van der Waals surface area contributed by atoms with Gasteiger partial charge in [0.15, 0.2) is 5.75 Å². The van der Waals surface area contributed by atoms with Crippen LogP contribution in [0.5, 0.6) is 17.2 Å². The fourth-order valence-electron chi connectivity index (χ4n) is 9.24. The van der Waals surface area contributed by atoms with Gasteiger partial charge in [-0.1, -0.05) is 59.8 Å². The van der Waals surface area contributed by atoms with Crippen LogP contribution in [0, 0.1) is 36.5 Å². The molecule has 4 aliphatic heterocycles. The van der Waals surface area contributed by atoms with Crippen molar-refractivity contribution in [3.05, 3.63) is 58.0 Å². The van der Waals surface area contributed by atoms with E-state index in [1.165, 1.54) is 27.2 Å². The molecule has 332 valence electrons. The molecule has 4 aliphatic rings. The molecule has 15 heteroatoms. The summed E-state index contributed by atoms with van der Waals surface area (Å²) in [5.74, 6) is -6.57. The highest BCUT2D eigenvalue weighted by Gasteiger charge is 2.51. The van der Waals surface area contributed by atoms with Gasteiger partial charge in [-0.15, -0.1) is 0 Å². The second-order valence-corrected chi connectivity index (χ2v) is 18.0. The van der Waals surface area contributed by atoms with Crippen molar-refractivity contribution in [2.24, 2.45) is 39.6 Å². The second kappa shape index (κ2) is 17.5. The Labute approximate surface area is 356 Å². The number of anilines is 1. The number of carbonyl (C=O) groups is 3. The van der Waals surface area contributed by atoms with Crippen molar-refractivity contribution < 1.29 is 53.8 Å². The Balaban J connectivity index is 1.55. The molecule has 61 heavy (non-hydrogen) atoms. The fraction of sp³-hybridized carbons (Fsp3) is 0.587. The van der Waals surface area contributed by atoms with E-state index in [0.29, 0.717) is 24.4 Å².